The van der Waals surface area contributed by atoms with Crippen molar-refractivity contribution in [2.24, 2.45) is 10.4 Å². The molecule has 0 heterocycles. The molecule has 4 nitrogen and oxygen atoms in total. The highest BCUT2D eigenvalue weighted by Gasteiger charge is 2.35. The lowest BCUT2D eigenvalue weighted by Crippen LogP contribution is -2.41. The molecule has 0 bridgehead atoms. The number of aliphatic hydroxyl groups excluding tert-OH is 1. The summed E-state index contributed by atoms with van der Waals surface area (Å²) < 4.78 is 0. The Morgan fingerprint density at radius 2 is 2.05 bits per heavy atom. The summed E-state index contributed by atoms with van der Waals surface area (Å²) in [6.07, 6.45) is 5.24. The van der Waals surface area contributed by atoms with Crippen LogP contribution >= 0.6 is 24.0 Å². The monoisotopic (exact) mass is 383 g/mol. The summed E-state index contributed by atoms with van der Waals surface area (Å²) in [6.45, 7) is 8.87. The summed E-state index contributed by atoms with van der Waals surface area (Å²) in [6, 6.07) is 0. The van der Waals surface area contributed by atoms with Gasteiger partial charge in [0.15, 0.2) is 5.96 Å². The zero-order valence-corrected chi connectivity index (χ0v) is 14.9. The summed E-state index contributed by atoms with van der Waals surface area (Å²) in [4.78, 5) is 4.63. The van der Waals surface area contributed by atoms with Gasteiger partial charge in [-0.1, -0.05) is 26.7 Å². The third-order valence-corrected chi connectivity index (χ3v) is 3.76. The second kappa shape index (κ2) is 9.80. The third-order valence-electron chi connectivity index (χ3n) is 3.76. The minimum absolute atomic E-state index is 0. The quantitative estimate of drug-likeness (QED) is 0.389. The van der Waals surface area contributed by atoms with E-state index >= 15 is 0 Å². The highest BCUT2D eigenvalue weighted by atomic mass is 127. The first-order chi connectivity index (χ1) is 8.62. The average Bonchev–Trinajstić information content (AvgIpc) is 2.37. The van der Waals surface area contributed by atoms with Crippen molar-refractivity contribution in [1.29, 1.82) is 0 Å². The molecule has 2 atom stereocenters. The molecule has 1 aliphatic rings. The van der Waals surface area contributed by atoms with Crippen LogP contribution in [0.2, 0.25) is 0 Å². The Labute approximate surface area is 134 Å². The molecule has 3 N–H and O–H groups in total. The summed E-state index contributed by atoms with van der Waals surface area (Å²) in [5, 5.41) is 16.7. The largest absolute Gasteiger partial charge is 0.392 e. The van der Waals surface area contributed by atoms with Crippen LogP contribution in [-0.2, 0) is 0 Å². The molecular weight excluding hydrogens is 353 g/mol. The van der Waals surface area contributed by atoms with Gasteiger partial charge in [-0.2, -0.15) is 0 Å². The minimum atomic E-state index is -0.205. The Morgan fingerprint density at radius 3 is 2.63 bits per heavy atom. The molecule has 1 saturated carbocycles. The fourth-order valence-corrected chi connectivity index (χ4v) is 2.41. The summed E-state index contributed by atoms with van der Waals surface area (Å²) >= 11 is 0. The average molecular weight is 383 g/mol. The first-order valence-electron chi connectivity index (χ1n) is 7.32. The molecule has 1 fully saturated rings. The van der Waals surface area contributed by atoms with Crippen molar-refractivity contribution < 1.29 is 5.11 Å². The molecule has 0 saturated heterocycles. The Bertz CT molecular complexity index is 273. The first kappa shape index (κ1) is 19.0. The number of guanidine groups is 1. The van der Waals surface area contributed by atoms with Gasteiger partial charge in [0.05, 0.1) is 12.6 Å². The number of rotatable bonds is 5. The minimum Gasteiger partial charge on any atom is -0.392 e. The Morgan fingerprint density at radius 1 is 1.32 bits per heavy atom. The van der Waals surface area contributed by atoms with E-state index in [-0.39, 0.29) is 35.5 Å². The van der Waals surface area contributed by atoms with Crippen LogP contribution in [0.5, 0.6) is 0 Å². The van der Waals surface area contributed by atoms with Gasteiger partial charge in [0.2, 0.25) is 0 Å². The van der Waals surface area contributed by atoms with Gasteiger partial charge in [0.1, 0.15) is 0 Å². The van der Waals surface area contributed by atoms with Gasteiger partial charge in [-0.25, -0.2) is 0 Å². The second-order valence-corrected chi connectivity index (χ2v) is 5.54. The van der Waals surface area contributed by atoms with Crippen LogP contribution in [0.25, 0.3) is 0 Å². The molecule has 114 valence electrons. The van der Waals surface area contributed by atoms with E-state index in [0.29, 0.717) is 6.54 Å². The molecule has 0 aliphatic heterocycles. The van der Waals surface area contributed by atoms with Crippen molar-refractivity contribution >= 4 is 29.9 Å². The van der Waals surface area contributed by atoms with Crippen LogP contribution in [0.4, 0.5) is 0 Å². The van der Waals surface area contributed by atoms with Gasteiger partial charge in [0.25, 0.3) is 0 Å². The molecule has 1 rings (SSSR count). The van der Waals surface area contributed by atoms with Gasteiger partial charge < -0.3 is 15.7 Å². The van der Waals surface area contributed by atoms with Crippen molar-refractivity contribution in [1.82, 2.24) is 10.6 Å². The van der Waals surface area contributed by atoms with Crippen molar-refractivity contribution in [3.05, 3.63) is 0 Å². The molecule has 1 aliphatic carbocycles. The van der Waals surface area contributed by atoms with E-state index in [2.05, 4.69) is 36.4 Å². The van der Waals surface area contributed by atoms with Crippen LogP contribution in [0, 0.1) is 5.41 Å². The molecular formula is C14H30IN3O. The molecule has 5 heteroatoms. The topological polar surface area (TPSA) is 56.7 Å². The maximum absolute atomic E-state index is 10.1. The molecule has 0 amide bonds. The molecule has 0 aromatic carbocycles. The van der Waals surface area contributed by atoms with Crippen molar-refractivity contribution in [3.63, 3.8) is 0 Å². The normalized spacial score (nSPS) is 27.6. The van der Waals surface area contributed by atoms with E-state index in [4.69, 9.17) is 0 Å². The van der Waals surface area contributed by atoms with Gasteiger partial charge in [-0.05, 0) is 26.2 Å². The fraction of sp³-hybridized carbons (Fsp3) is 0.929. The Balaban J connectivity index is 0.00000324. The lowest BCUT2D eigenvalue weighted by Gasteiger charge is -2.37. The van der Waals surface area contributed by atoms with E-state index in [1.165, 1.54) is 6.42 Å². The standard InChI is InChI=1S/C14H29N3O.HI/c1-4-10-16-13(15-5-2)17-11-14(3)9-7-6-8-12(14)18;/h12,18H,4-11H2,1-3H3,(H2,15,16,17);1H. The SMILES string of the molecule is CCCNC(=NCC1(C)CCCCC1O)NCC.I. The molecule has 19 heavy (non-hydrogen) atoms. The number of nitrogens with zero attached hydrogens (tertiary/aromatic N) is 1. The highest BCUT2D eigenvalue weighted by molar-refractivity contribution is 14.0. The number of aliphatic imine (C=N–C) groups is 1. The van der Waals surface area contributed by atoms with Crippen molar-refractivity contribution in [2.45, 2.75) is 59.0 Å². The maximum Gasteiger partial charge on any atom is 0.191 e. The van der Waals surface area contributed by atoms with Gasteiger partial charge >= 0.3 is 0 Å². The maximum atomic E-state index is 10.1. The van der Waals surface area contributed by atoms with Crippen LogP contribution in [0.3, 0.4) is 0 Å². The zero-order valence-electron chi connectivity index (χ0n) is 12.5. The number of aliphatic hydroxyl groups is 1. The second-order valence-electron chi connectivity index (χ2n) is 5.54. The third kappa shape index (κ3) is 6.29. The van der Waals surface area contributed by atoms with Gasteiger partial charge in [0, 0.05) is 18.5 Å². The van der Waals surface area contributed by atoms with Crippen LogP contribution in [0.15, 0.2) is 4.99 Å². The van der Waals surface area contributed by atoms with Crippen molar-refractivity contribution in [3.8, 4) is 0 Å². The number of hydrogen-bond acceptors (Lipinski definition) is 2. The molecule has 0 spiro atoms. The summed E-state index contributed by atoms with van der Waals surface area (Å²) in [5.74, 6) is 0.873. The van der Waals surface area contributed by atoms with Crippen LogP contribution in [-0.4, -0.2) is 36.8 Å². The molecule has 0 aromatic rings. The van der Waals surface area contributed by atoms with E-state index in [1.807, 2.05) is 0 Å². The lowest BCUT2D eigenvalue weighted by atomic mass is 9.73. The van der Waals surface area contributed by atoms with Crippen LogP contribution < -0.4 is 10.6 Å². The van der Waals surface area contributed by atoms with E-state index in [0.717, 1.165) is 44.7 Å². The van der Waals surface area contributed by atoms with Crippen LogP contribution in [0.1, 0.15) is 52.9 Å². The van der Waals surface area contributed by atoms with E-state index in [1.54, 1.807) is 0 Å². The fourth-order valence-electron chi connectivity index (χ4n) is 2.41. The number of halogens is 1. The van der Waals surface area contributed by atoms with Crippen molar-refractivity contribution in [2.75, 3.05) is 19.6 Å². The predicted octanol–water partition coefficient (Wildman–Crippen LogP) is 2.51. The van der Waals surface area contributed by atoms with Gasteiger partial charge in [-0.15, -0.1) is 24.0 Å². The molecule has 2 unspecified atom stereocenters. The van der Waals surface area contributed by atoms with E-state index < -0.39 is 0 Å². The molecule has 0 radical (unpaired) electrons. The zero-order chi connectivity index (χ0) is 13.4. The summed E-state index contributed by atoms with van der Waals surface area (Å²) in [5.41, 5.74) is -0.0488. The van der Waals surface area contributed by atoms with Gasteiger partial charge in [-0.3, -0.25) is 4.99 Å². The Kier molecular flexibility index (Phi) is 9.78. The predicted molar refractivity (Wildman–Crippen MR) is 92.3 cm³/mol. The summed E-state index contributed by atoms with van der Waals surface area (Å²) in [7, 11) is 0. The number of hydrogen-bond donors (Lipinski definition) is 3. The van der Waals surface area contributed by atoms with E-state index in [9.17, 15) is 5.11 Å². The first-order valence-corrected chi connectivity index (χ1v) is 7.32. The highest BCUT2D eigenvalue weighted by Crippen LogP contribution is 2.36. The number of nitrogens with one attached hydrogen (secondary N) is 2. The Hall–Kier alpha value is -0.0400. The smallest absolute Gasteiger partial charge is 0.191 e. The molecule has 0 aromatic heterocycles. The lowest BCUT2D eigenvalue weighted by molar-refractivity contribution is 0.00716.